The van der Waals surface area contributed by atoms with E-state index in [2.05, 4.69) is 0 Å². The Kier molecular flexibility index (Phi) is 3.53. The van der Waals surface area contributed by atoms with Crippen LogP contribution in [-0.2, 0) is 4.79 Å². The molecule has 112 valence electrons. The Balaban J connectivity index is 1.60. The van der Waals surface area contributed by atoms with Crippen molar-refractivity contribution in [2.24, 2.45) is 0 Å². The first-order chi connectivity index (χ1) is 10.0. The second-order valence-electron chi connectivity index (χ2n) is 5.57. The number of carbonyl (C=O) groups is 2. The zero-order chi connectivity index (χ0) is 15.0. The fourth-order valence-electron chi connectivity index (χ4n) is 3.00. The Labute approximate surface area is 128 Å². The molecule has 2 fully saturated rings. The fraction of sp³-hybridized carbons (Fsp3) is 0.467. The molecule has 1 aromatic carbocycles. The first-order valence-electron chi connectivity index (χ1n) is 7.04. The van der Waals surface area contributed by atoms with Crippen molar-refractivity contribution < 1.29 is 14.3 Å². The molecule has 0 aromatic heterocycles. The molecule has 0 spiro atoms. The zero-order valence-corrected chi connectivity index (χ0v) is 12.6. The molecular formula is C15H17ClN2O3. The van der Waals surface area contributed by atoms with Crippen LogP contribution in [0.15, 0.2) is 24.3 Å². The lowest BCUT2D eigenvalue weighted by Gasteiger charge is -2.22. The van der Waals surface area contributed by atoms with E-state index in [4.69, 9.17) is 16.3 Å². The Morgan fingerprint density at radius 3 is 2.67 bits per heavy atom. The van der Waals surface area contributed by atoms with E-state index in [0.717, 1.165) is 12.8 Å². The molecule has 2 saturated heterocycles. The van der Waals surface area contributed by atoms with E-state index >= 15 is 0 Å². The van der Waals surface area contributed by atoms with Crippen molar-refractivity contribution in [3.63, 3.8) is 0 Å². The molecule has 0 saturated carbocycles. The minimum atomic E-state index is -0.642. The molecule has 2 aliphatic rings. The van der Waals surface area contributed by atoms with Crippen molar-refractivity contribution in [1.29, 1.82) is 0 Å². The van der Waals surface area contributed by atoms with Crippen LogP contribution in [0.1, 0.15) is 19.8 Å². The molecule has 2 heterocycles. The van der Waals surface area contributed by atoms with Gasteiger partial charge in [0.05, 0.1) is 6.54 Å². The van der Waals surface area contributed by atoms with Crippen molar-refractivity contribution in [3.05, 3.63) is 29.3 Å². The van der Waals surface area contributed by atoms with Crippen molar-refractivity contribution >= 4 is 23.5 Å². The third kappa shape index (κ3) is 2.35. The summed E-state index contributed by atoms with van der Waals surface area (Å²) in [5, 5.41) is 0.640. The monoisotopic (exact) mass is 308 g/mol. The van der Waals surface area contributed by atoms with E-state index in [9.17, 15) is 9.59 Å². The summed E-state index contributed by atoms with van der Waals surface area (Å²) in [5.41, 5.74) is -0.642. The third-order valence-electron chi connectivity index (χ3n) is 4.21. The molecule has 3 amide bonds. The highest BCUT2D eigenvalue weighted by Crippen LogP contribution is 2.37. The van der Waals surface area contributed by atoms with Crippen molar-refractivity contribution in [2.45, 2.75) is 25.3 Å². The minimum Gasteiger partial charge on any atom is -0.492 e. The van der Waals surface area contributed by atoms with Gasteiger partial charge in [-0.1, -0.05) is 11.6 Å². The highest BCUT2D eigenvalue weighted by atomic mass is 35.5. The molecule has 0 bridgehead atoms. The van der Waals surface area contributed by atoms with Crippen molar-refractivity contribution in [2.75, 3.05) is 19.7 Å². The normalized spacial score (nSPS) is 24.7. The number of imide groups is 1. The summed E-state index contributed by atoms with van der Waals surface area (Å²) in [5.74, 6) is 0.565. The smallest absolute Gasteiger partial charge is 0.327 e. The summed E-state index contributed by atoms with van der Waals surface area (Å²) in [7, 11) is 0. The number of hydrogen-bond acceptors (Lipinski definition) is 3. The lowest BCUT2D eigenvalue weighted by molar-refractivity contribution is -0.132. The first kappa shape index (κ1) is 14.2. The Bertz CT molecular complexity index is 575. The number of nitrogens with zero attached hydrogens (tertiary/aromatic N) is 2. The van der Waals surface area contributed by atoms with Gasteiger partial charge in [0.1, 0.15) is 17.9 Å². The second kappa shape index (κ2) is 5.22. The Morgan fingerprint density at radius 1 is 1.29 bits per heavy atom. The summed E-state index contributed by atoms with van der Waals surface area (Å²) < 4.78 is 5.55. The number of rotatable bonds is 4. The maximum atomic E-state index is 12.4. The minimum absolute atomic E-state index is 0.107. The molecule has 3 rings (SSSR count). The number of benzene rings is 1. The van der Waals surface area contributed by atoms with Gasteiger partial charge in [-0.25, -0.2) is 4.79 Å². The van der Waals surface area contributed by atoms with Crippen LogP contribution in [0.2, 0.25) is 5.02 Å². The molecule has 1 aromatic rings. The topological polar surface area (TPSA) is 49.9 Å². The lowest BCUT2D eigenvalue weighted by Crippen LogP contribution is -2.42. The van der Waals surface area contributed by atoms with E-state index < -0.39 is 5.54 Å². The van der Waals surface area contributed by atoms with Crippen LogP contribution < -0.4 is 4.74 Å². The van der Waals surface area contributed by atoms with Gasteiger partial charge < -0.3 is 9.64 Å². The number of halogens is 1. The van der Waals surface area contributed by atoms with Gasteiger partial charge in [-0.15, -0.1) is 0 Å². The number of amides is 3. The predicted octanol–water partition coefficient (Wildman–Crippen LogP) is 2.54. The SMILES string of the molecule is C[C@@]12CCCN1C(=O)N(CCOc1ccc(Cl)cc1)C2=O. The summed E-state index contributed by atoms with van der Waals surface area (Å²) in [6.07, 6.45) is 1.63. The average Bonchev–Trinajstić information content (AvgIpc) is 2.93. The number of urea groups is 1. The molecule has 0 N–H and O–H groups in total. The summed E-state index contributed by atoms with van der Waals surface area (Å²) >= 11 is 5.80. The maximum Gasteiger partial charge on any atom is 0.327 e. The van der Waals surface area contributed by atoms with Gasteiger partial charge in [-0.3, -0.25) is 9.69 Å². The van der Waals surface area contributed by atoms with E-state index in [0.29, 0.717) is 17.3 Å². The number of ether oxygens (including phenoxy) is 1. The van der Waals surface area contributed by atoms with Gasteiger partial charge in [-0.2, -0.15) is 0 Å². The van der Waals surface area contributed by atoms with Crippen LogP contribution in [0.4, 0.5) is 4.79 Å². The molecule has 6 heteroatoms. The fourth-order valence-corrected chi connectivity index (χ4v) is 3.12. The molecule has 5 nitrogen and oxygen atoms in total. The second-order valence-corrected chi connectivity index (χ2v) is 6.01. The summed E-state index contributed by atoms with van der Waals surface area (Å²) in [6.45, 7) is 3.06. The van der Waals surface area contributed by atoms with Crippen LogP contribution >= 0.6 is 11.6 Å². The highest BCUT2D eigenvalue weighted by molar-refractivity contribution is 6.30. The standard InChI is InChI=1S/C15H17ClN2O3/c1-15-7-2-8-18(15)14(20)17(13(15)19)9-10-21-12-5-3-11(16)4-6-12/h3-6H,2,7-10H2,1H3/t15-/m0/s1. The molecule has 0 aliphatic carbocycles. The van der Waals surface area contributed by atoms with Crippen LogP contribution in [0.25, 0.3) is 0 Å². The molecule has 1 atom stereocenters. The van der Waals surface area contributed by atoms with Crippen LogP contribution in [0, 0.1) is 0 Å². The van der Waals surface area contributed by atoms with Crippen molar-refractivity contribution in [1.82, 2.24) is 9.80 Å². The molecule has 21 heavy (non-hydrogen) atoms. The zero-order valence-electron chi connectivity index (χ0n) is 11.8. The summed E-state index contributed by atoms with van der Waals surface area (Å²) in [6, 6.07) is 6.80. The third-order valence-corrected chi connectivity index (χ3v) is 4.46. The van der Waals surface area contributed by atoms with Crippen LogP contribution in [-0.4, -0.2) is 47.0 Å². The van der Waals surface area contributed by atoms with Crippen LogP contribution in [0.5, 0.6) is 5.75 Å². The number of hydrogen-bond donors (Lipinski definition) is 0. The predicted molar refractivity (Wildman–Crippen MR) is 78.4 cm³/mol. The number of carbonyl (C=O) groups excluding carboxylic acids is 2. The summed E-state index contributed by atoms with van der Waals surface area (Å²) in [4.78, 5) is 27.6. The van der Waals surface area contributed by atoms with Gasteiger partial charge in [0.25, 0.3) is 5.91 Å². The molecular weight excluding hydrogens is 292 g/mol. The Morgan fingerprint density at radius 2 is 2.00 bits per heavy atom. The first-order valence-corrected chi connectivity index (χ1v) is 7.42. The largest absolute Gasteiger partial charge is 0.492 e. The Hall–Kier alpha value is -1.75. The van der Waals surface area contributed by atoms with Crippen molar-refractivity contribution in [3.8, 4) is 5.75 Å². The van der Waals surface area contributed by atoms with E-state index in [1.807, 2.05) is 6.92 Å². The van der Waals surface area contributed by atoms with E-state index in [1.165, 1.54) is 4.90 Å². The lowest BCUT2D eigenvalue weighted by atomic mass is 9.99. The highest BCUT2D eigenvalue weighted by Gasteiger charge is 2.56. The quantitative estimate of drug-likeness (QED) is 0.803. The van der Waals surface area contributed by atoms with Gasteiger partial charge >= 0.3 is 6.03 Å². The van der Waals surface area contributed by atoms with Gasteiger partial charge in [0, 0.05) is 11.6 Å². The van der Waals surface area contributed by atoms with E-state index in [-0.39, 0.29) is 25.1 Å². The number of fused-ring (bicyclic) bond motifs is 1. The maximum absolute atomic E-state index is 12.4. The van der Waals surface area contributed by atoms with Gasteiger partial charge in [0.15, 0.2) is 0 Å². The molecule has 2 aliphatic heterocycles. The van der Waals surface area contributed by atoms with Gasteiger partial charge in [-0.05, 0) is 44.0 Å². The van der Waals surface area contributed by atoms with E-state index in [1.54, 1.807) is 29.2 Å². The average molecular weight is 309 g/mol. The molecule has 0 radical (unpaired) electrons. The molecule has 0 unspecified atom stereocenters. The van der Waals surface area contributed by atoms with Gasteiger partial charge in [0.2, 0.25) is 0 Å². The van der Waals surface area contributed by atoms with Crippen LogP contribution in [0.3, 0.4) is 0 Å².